The molecule has 21 heavy (non-hydrogen) atoms. The van der Waals surface area contributed by atoms with Gasteiger partial charge in [0, 0.05) is 11.8 Å². The number of halogens is 1. The zero-order valence-corrected chi connectivity index (χ0v) is 11.7. The van der Waals surface area contributed by atoms with Crippen molar-refractivity contribution in [1.29, 1.82) is 0 Å². The number of aromatic nitrogens is 3. The molecule has 7 heteroatoms. The molecule has 0 aliphatic carbocycles. The van der Waals surface area contributed by atoms with Crippen LogP contribution in [0.4, 0.5) is 0 Å². The predicted octanol–water partition coefficient (Wildman–Crippen LogP) is 1.98. The predicted molar refractivity (Wildman–Crippen MR) is 77.9 cm³/mol. The number of imidazole rings is 1. The van der Waals surface area contributed by atoms with Gasteiger partial charge in [-0.2, -0.15) is 0 Å². The van der Waals surface area contributed by atoms with E-state index >= 15 is 0 Å². The first-order chi connectivity index (χ1) is 10.1. The Kier molecular flexibility index (Phi) is 3.23. The van der Waals surface area contributed by atoms with Crippen LogP contribution < -0.4 is 5.69 Å². The molecule has 0 radical (unpaired) electrons. The van der Waals surface area contributed by atoms with Crippen molar-refractivity contribution in [2.45, 2.75) is 0 Å². The van der Waals surface area contributed by atoms with E-state index in [9.17, 15) is 9.59 Å². The van der Waals surface area contributed by atoms with E-state index in [0.717, 1.165) is 4.09 Å². The molecule has 106 valence electrons. The third kappa shape index (κ3) is 2.09. The number of carbonyl (C=O) groups is 1. The number of carbonyl (C=O) groups excluding carboxylic acids is 1. The molecule has 0 saturated carbocycles. The molecule has 0 amide bonds. The minimum absolute atomic E-state index is 0.170. The molecule has 6 nitrogen and oxygen atoms in total. The van der Waals surface area contributed by atoms with Crippen molar-refractivity contribution in [2.75, 3.05) is 7.11 Å². The lowest BCUT2D eigenvalue weighted by Gasteiger charge is -2.03. The number of ether oxygens (including phenoxy) is 1. The smallest absolute Gasteiger partial charge is 0.356 e. The van der Waals surface area contributed by atoms with Gasteiger partial charge in [0.25, 0.3) is 0 Å². The van der Waals surface area contributed by atoms with E-state index in [1.807, 2.05) is 6.07 Å². The van der Waals surface area contributed by atoms with Crippen LogP contribution in [-0.2, 0) is 4.74 Å². The quantitative estimate of drug-likeness (QED) is 0.679. The lowest BCUT2D eigenvalue weighted by atomic mass is 10.3. The summed E-state index contributed by atoms with van der Waals surface area (Å²) in [5.41, 5.74) is 1.55. The zero-order valence-electron chi connectivity index (χ0n) is 11.0. The first-order valence-corrected chi connectivity index (χ1v) is 6.40. The summed E-state index contributed by atoms with van der Waals surface area (Å²) in [6.45, 7) is 0. The van der Waals surface area contributed by atoms with Gasteiger partial charge in [-0.3, -0.25) is 4.57 Å². The molecule has 0 N–H and O–H groups in total. The first-order valence-electron chi connectivity index (χ1n) is 6.07. The summed E-state index contributed by atoms with van der Waals surface area (Å²) in [6, 6.07) is 10.2. The van der Waals surface area contributed by atoms with E-state index in [1.54, 1.807) is 24.3 Å². The van der Waals surface area contributed by atoms with Gasteiger partial charge in [0.1, 0.15) is 5.69 Å². The fraction of sp³-hybridized carbons (Fsp3) is 0.0714. The van der Waals surface area contributed by atoms with Gasteiger partial charge in [-0.1, -0.05) is 12.1 Å². The average Bonchev–Trinajstić information content (AvgIpc) is 2.79. The molecule has 1 aromatic carbocycles. The van der Waals surface area contributed by atoms with Crippen LogP contribution in [0, 0.1) is 0 Å². The lowest BCUT2D eigenvalue weighted by molar-refractivity contribution is 0.0594. The van der Waals surface area contributed by atoms with E-state index in [-0.39, 0.29) is 5.69 Å². The number of para-hydroxylation sites is 2. The van der Waals surface area contributed by atoms with Crippen LogP contribution in [-0.4, -0.2) is 26.7 Å². The van der Waals surface area contributed by atoms with Gasteiger partial charge in [0.05, 0.1) is 30.0 Å². The second kappa shape index (κ2) is 5.06. The molecular weight excluding hydrogens is 294 g/mol. The molecule has 3 rings (SSSR count). The van der Waals surface area contributed by atoms with Crippen LogP contribution in [0.3, 0.4) is 0 Å². The van der Waals surface area contributed by atoms with Gasteiger partial charge in [-0.05, 0) is 24.3 Å². The Hall–Kier alpha value is -2.60. The highest BCUT2D eigenvalue weighted by atomic mass is 35.5. The molecule has 0 spiro atoms. The van der Waals surface area contributed by atoms with Crippen molar-refractivity contribution in [1.82, 2.24) is 13.6 Å². The van der Waals surface area contributed by atoms with Crippen molar-refractivity contribution < 1.29 is 9.53 Å². The number of nitrogens with zero attached hydrogens (tertiary/aromatic N) is 3. The second-order valence-electron chi connectivity index (χ2n) is 4.28. The monoisotopic (exact) mass is 303 g/mol. The van der Waals surface area contributed by atoms with Gasteiger partial charge in [-0.25, -0.2) is 18.7 Å². The molecule has 2 aromatic heterocycles. The number of pyridine rings is 1. The highest BCUT2D eigenvalue weighted by molar-refractivity contribution is 6.18. The first kappa shape index (κ1) is 13.4. The maximum atomic E-state index is 12.2. The Morgan fingerprint density at radius 1 is 1.19 bits per heavy atom. The van der Waals surface area contributed by atoms with Crippen molar-refractivity contribution in [3.05, 3.63) is 58.8 Å². The summed E-state index contributed by atoms with van der Waals surface area (Å²) in [5, 5.41) is 0. The maximum Gasteiger partial charge on any atom is 0.356 e. The molecule has 0 atom stereocenters. The summed E-state index contributed by atoms with van der Waals surface area (Å²) in [4.78, 5) is 27.6. The third-order valence-corrected chi connectivity index (χ3v) is 3.42. The topological polar surface area (TPSA) is 66.1 Å². The largest absolute Gasteiger partial charge is 0.464 e. The summed E-state index contributed by atoms with van der Waals surface area (Å²) in [7, 11) is 1.28. The maximum absolute atomic E-state index is 12.2. The summed E-state index contributed by atoms with van der Waals surface area (Å²) >= 11 is 5.99. The van der Waals surface area contributed by atoms with Crippen LogP contribution >= 0.6 is 11.8 Å². The average molecular weight is 304 g/mol. The highest BCUT2D eigenvalue weighted by Crippen LogP contribution is 2.17. The molecule has 0 fully saturated rings. The lowest BCUT2D eigenvalue weighted by Crippen LogP contribution is -2.19. The fourth-order valence-corrected chi connectivity index (χ4v) is 2.32. The van der Waals surface area contributed by atoms with E-state index in [0.29, 0.717) is 16.7 Å². The van der Waals surface area contributed by atoms with Crippen LogP contribution in [0.2, 0.25) is 0 Å². The molecule has 0 saturated heterocycles. The van der Waals surface area contributed by atoms with E-state index in [1.165, 1.54) is 23.9 Å². The van der Waals surface area contributed by atoms with Crippen molar-refractivity contribution in [2.24, 2.45) is 0 Å². The van der Waals surface area contributed by atoms with Gasteiger partial charge in [-0.15, -0.1) is 0 Å². The van der Waals surface area contributed by atoms with Crippen molar-refractivity contribution >= 4 is 28.8 Å². The number of rotatable bonds is 2. The van der Waals surface area contributed by atoms with Crippen LogP contribution in [0.5, 0.6) is 0 Å². The molecule has 0 bridgehead atoms. The van der Waals surface area contributed by atoms with Crippen LogP contribution in [0.25, 0.3) is 16.7 Å². The van der Waals surface area contributed by atoms with Crippen molar-refractivity contribution in [3.8, 4) is 5.69 Å². The van der Waals surface area contributed by atoms with E-state index < -0.39 is 11.7 Å². The SMILES string of the molecule is COC(=O)c1ccc(-n2c(=O)n(Cl)c3ccccc32)cn1. The summed E-state index contributed by atoms with van der Waals surface area (Å²) in [5.74, 6) is -0.534. The highest BCUT2D eigenvalue weighted by Gasteiger charge is 2.14. The third-order valence-electron chi connectivity index (χ3n) is 3.09. The second-order valence-corrected chi connectivity index (χ2v) is 4.62. The molecular formula is C14H10ClN3O3. The minimum atomic E-state index is -0.534. The number of esters is 1. The molecule has 0 aliphatic heterocycles. The van der Waals surface area contributed by atoms with Gasteiger partial charge in [0.15, 0.2) is 0 Å². The zero-order chi connectivity index (χ0) is 15.0. The number of benzene rings is 1. The number of methoxy groups -OCH3 is 1. The van der Waals surface area contributed by atoms with Crippen LogP contribution in [0.15, 0.2) is 47.4 Å². The van der Waals surface area contributed by atoms with Crippen molar-refractivity contribution in [3.63, 3.8) is 0 Å². The Morgan fingerprint density at radius 2 is 1.90 bits per heavy atom. The molecule has 0 aliphatic rings. The Balaban J connectivity index is 2.19. The van der Waals surface area contributed by atoms with Gasteiger partial charge in [0.2, 0.25) is 0 Å². The Morgan fingerprint density at radius 3 is 2.52 bits per heavy atom. The van der Waals surface area contributed by atoms with E-state index in [2.05, 4.69) is 9.72 Å². The van der Waals surface area contributed by atoms with E-state index in [4.69, 9.17) is 11.8 Å². The number of hydrogen-bond acceptors (Lipinski definition) is 4. The van der Waals surface area contributed by atoms with Crippen LogP contribution in [0.1, 0.15) is 10.5 Å². The Labute approximate surface area is 124 Å². The Bertz CT molecular complexity index is 881. The number of fused-ring (bicyclic) bond motifs is 1. The molecule has 0 unspecified atom stereocenters. The standard InChI is InChI=1S/C14H10ClN3O3/c1-21-13(19)10-7-6-9(8-16-10)17-11-4-2-3-5-12(11)18(15)14(17)20/h2-8H,1H3. The molecule has 3 aromatic rings. The number of hydrogen-bond donors (Lipinski definition) is 0. The summed E-state index contributed by atoms with van der Waals surface area (Å²) in [6.07, 6.45) is 1.43. The summed E-state index contributed by atoms with van der Waals surface area (Å²) < 4.78 is 7.06. The fourth-order valence-electron chi connectivity index (χ4n) is 2.11. The normalized spacial score (nSPS) is 10.8. The molecule has 2 heterocycles. The van der Waals surface area contributed by atoms with Gasteiger partial charge >= 0.3 is 11.7 Å². The minimum Gasteiger partial charge on any atom is -0.464 e. The van der Waals surface area contributed by atoms with Gasteiger partial charge < -0.3 is 4.74 Å².